The van der Waals surface area contributed by atoms with Gasteiger partial charge in [-0.15, -0.1) is 0 Å². The number of amides is 2. The number of carbonyl (C=O) groups is 2. The molecule has 1 N–H and O–H groups in total. The molecule has 2 aromatic rings. The number of methoxy groups -OCH3 is 1. The third-order valence-corrected chi connectivity index (χ3v) is 5.29. The first kappa shape index (κ1) is 19.7. The summed E-state index contributed by atoms with van der Waals surface area (Å²) >= 11 is 0. The number of anilines is 2. The quantitative estimate of drug-likeness (QED) is 0.711. The largest absolute Gasteiger partial charge is 0.497 e. The van der Waals surface area contributed by atoms with Crippen molar-refractivity contribution in [3.8, 4) is 16.9 Å². The van der Waals surface area contributed by atoms with Crippen molar-refractivity contribution in [1.82, 2.24) is 9.88 Å². The Morgan fingerprint density at radius 3 is 2.54 bits per heavy atom. The van der Waals surface area contributed by atoms with Crippen LogP contribution in [0.15, 0.2) is 36.5 Å². The summed E-state index contributed by atoms with van der Waals surface area (Å²) in [6, 6.07) is 9.93. The fourth-order valence-corrected chi connectivity index (χ4v) is 3.23. The summed E-state index contributed by atoms with van der Waals surface area (Å²) in [5.41, 5.74) is 2.55. The number of aromatic nitrogens is 1. The van der Waals surface area contributed by atoms with Crippen LogP contribution in [0.2, 0.25) is 0 Å². The fraction of sp³-hybridized carbons (Fsp3) is 0.381. The molecule has 0 bridgehead atoms. The molecule has 28 heavy (non-hydrogen) atoms. The van der Waals surface area contributed by atoms with Gasteiger partial charge in [0.1, 0.15) is 5.75 Å². The van der Waals surface area contributed by atoms with Crippen LogP contribution in [-0.4, -0.2) is 56.0 Å². The number of rotatable bonds is 8. The maximum absolute atomic E-state index is 12.6. The topological polar surface area (TPSA) is 74.8 Å². The van der Waals surface area contributed by atoms with Crippen LogP contribution in [0.25, 0.3) is 11.1 Å². The average Bonchev–Trinajstić information content (AvgIpc) is 2.67. The van der Waals surface area contributed by atoms with Crippen LogP contribution in [-0.2, 0) is 9.59 Å². The first-order valence-electron chi connectivity index (χ1n) is 9.35. The Morgan fingerprint density at radius 2 is 1.96 bits per heavy atom. The highest BCUT2D eigenvalue weighted by Crippen LogP contribution is 2.30. The molecular weight excluding hydrogens is 356 g/mol. The van der Waals surface area contributed by atoms with E-state index in [2.05, 4.69) is 10.3 Å². The lowest BCUT2D eigenvalue weighted by molar-refractivity contribution is -0.131. The van der Waals surface area contributed by atoms with Crippen molar-refractivity contribution >= 4 is 23.8 Å². The Kier molecular flexibility index (Phi) is 6.13. The number of pyridine rings is 1. The molecule has 0 aliphatic heterocycles. The summed E-state index contributed by atoms with van der Waals surface area (Å²) in [4.78, 5) is 31.6. The number of nitrogens with one attached hydrogen (secondary N) is 1. The Bertz CT molecular complexity index is 834. The lowest BCUT2D eigenvalue weighted by Crippen LogP contribution is -2.45. The van der Waals surface area contributed by atoms with Gasteiger partial charge in [-0.3, -0.25) is 9.59 Å². The van der Waals surface area contributed by atoms with Crippen molar-refractivity contribution in [2.75, 3.05) is 38.0 Å². The van der Waals surface area contributed by atoms with E-state index in [4.69, 9.17) is 4.74 Å². The van der Waals surface area contributed by atoms with Crippen LogP contribution in [0.3, 0.4) is 0 Å². The van der Waals surface area contributed by atoms with E-state index in [9.17, 15) is 9.59 Å². The molecule has 0 atom stereocenters. The molecule has 1 aromatic heterocycles. The summed E-state index contributed by atoms with van der Waals surface area (Å²) in [6.07, 6.45) is 5.61. The second-order valence-corrected chi connectivity index (χ2v) is 7.03. The number of nitrogens with zero attached hydrogens (tertiary/aromatic N) is 3. The van der Waals surface area contributed by atoms with Crippen LogP contribution in [0.5, 0.6) is 5.75 Å². The molecule has 1 aliphatic carbocycles. The van der Waals surface area contributed by atoms with Crippen LogP contribution >= 0.6 is 0 Å². The van der Waals surface area contributed by atoms with Gasteiger partial charge in [-0.1, -0.05) is 12.1 Å². The van der Waals surface area contributed by atoms with E-state index in [1.54, 1.807) is 13.3 Å². The molecule has 1 saturated carbocycles. The van der Waals surface area contributed by atoms with Gasteiger partial charge >= 0.3 is 0 Å². The van der Waals surface area contributed by atoms with Crippen LogP contribution in [0, 0.1) is 0 Å². The van der Waals surface area contributed by atoms with Crippen molar-refractivity contribution in [2.45, 2.75) is 25.3 Å². The predicted molar refractivity (Wildman–Crippen MR) is 110 cm³/mol. The molecule has 0 saturated heterocycles. The highest BCUT2D eigenvalue weighted by atomic mass is 16.5. The van der Waals surface area contributed by atoms with Crippen molar-refractivity contribution in [2.24, 2.45) is 0 Å². The first-order valence-corrected chi connectivity index (χ1v) is 9.35. The number of likely N-dealkylation sites (N-methyl/N-ethyl adjacent to an activating group) is 2. The third kappa shape index (κ3) is 4.24. The van der Waals surface area contributed by atoms with E-state index >= 15 is 0 Å². The summed E-state index contributed by atoms with van der Waals surface area (Å²) < 4.78 is 5.20. The fourth-order valence-electron chi connectivity index (χ4n) is 3.23. The smallest absolute Gasteiger partial charge is 0.242 e. The van der Waals surface area contributed by atoms with Gasteiger partial charge in [-0.2, -0.15) is 0 Å². The van der Waals surface area contributed by atoms with E-state index in [-0.39, 0.29) is 12.5 Å². The second kappa shape index (κ2) is 8.73. The maximum atomic E-state index is 12.6. The van der Waals surface area contributed by atoms with Crippen molar-refractivity contribution in [1.29, 1.82) is 0 Å². The number of benzene rings is 1. The Morgan fingerprint density at radius 1 is 1.25 bits per heavy atom. The standard InChI is InChI=1S/C21H26N4O3/c1-24(13-20(27)25(2)17-5-4-6-17)19-11-16(12-22-21(19)23-14-26)15-7-9-18(28-3)10-8-15/h7-12,14,17H,4-6,13H2,1-3H3,(H,22,23,26). The van der Waals surface area contributed by atoms with E-state index in [0.29, 0.717) is 24.0 Å². The molecule has 3 rings (SSSR count). The van der Waals surface area contributed by atoms with Gasteiger partial charge in [0, 0.05) is 31.9 Å². The van der Waals surface area contributed by atoms with E-state index < -0.39 is 0 Å². The molecule has 2 amide bonds. The number of hydrogen-bond acceptors (Lipinski definition) is 5. The highest BCUT2D eigenvalue weighted by molar-refractivity contribution is 5.86. The molecule has 1 aromatic carbocycles. The summed E-state index contributed by atoms with van der Waals surface area (Å²) in [5.74, 6) is 1.26. The minimum absolute atomic E-state index is 0.0547. The summed E-state index contributed by atoms with van der Waals surface area (Å²) in [5, 5.41) is 2.62. The highest BCUT2D eigenvalue weighted by Gasteiger charge is 2.26. The third-order valence-electron chi connectivity index (χ3n) is 5.29. The zero-order valence-electron chi connectivity index (χ0n) is 16.5. The average molecular weight is 382 g/mol. The minimum atomic E-state index is 0.0547. The summed E-state index contributed by atoms with van der Waals surface area (Å²) in [6.45, 7) is 0.217. The van der Waals surface area contributed by atoms with Crippen molar-refractivity contribution in [3.05, 3.63) is 36.5 Å². The van der Waals surface area contributed by atoms with Gasteiger partial charge in [0.2, 0.25) is 12.3 Å². The van der Waals surface area contributed by atoms with Gasteiger partial charge in [0.15, 0.2) is 5.82 Å². The first-order chi connectivity index (χ1) is 13.5. The lowest BCUT2D eigenvalue weighted by Gasteiger charge is -2.36. The van der Waals surface area contributed by atoms with E-state index in [1.807, 2.05) is 54.2 Å². The number of ether oxygens (including phenoxy) is 1. The number of carbonyl (C=O) groups excluding carboxylic acids is 2. The van der Waals surface area contributed by atoms with Gasteiger partial charge < -0.3 is 19.9 Å². The Hall–Kier alpha value is -3.09. The Balaban J connectivity index is 1.83. The number of hydrogen-bond donors (Lipinski definition) is 1. The predicted octanol–water partition coefficient (Wildman–Crippen LogP) is 2.77. The van der Waals surface area contributed by atoms with E-state index in [1.165, 1.54) is 6.42 Å². The molecule has 1 aliphatic rings. The zero-order valence-corrected chi connectivity index (χ0v) is 16.5. The molecule has 7 heteroatoms. The minimum Gasteiger partial charge on any atom is -0.497 e. The molecule has 0 radical (unpaired) electrons. The second-order valence-electron chi connectivity index (χ2n) is 7.03. The molecule has 148 valence electrons. The van der Waals surface area contributed by atoms with Gasteiger partial charge in [-0.25, -0.2) is 4.98 Å². The maximum Gasteiger partial charge on any atom is 0.242 e. The molecular formula is C21H26N4O3. The molecule has 0 unspecified atom stereocenters. The monoisotopic (exact) mass is 382 g/mol. The molecule has 1 heterocycles. The van der Waals surface area contributed by atoms with Gasteiger partial charge in [-0.05, 0) is 43.0 Å². The summed E-state index contributed by atoms with van der Waals surface area (Å²) in [7, 11) is 5.31. The van der Waals surface area contributed by atoms with Crippen molar-refractivity contribution in [3.63, 3.8) is 0 Å². The van der Waals surface area contributed by atoms with Gasteiger partial charge in [0.05, 0.1) is 19.3 Å². The SMILES string of the molecule is COc1ccc(-c2cnc(NC=O)c(N(C)CC(=O)N(C)C3CCC3)c2)cc1. The molecule has 1 fully saturated rings. The van der Waals surface area contributed by atoms with Crippen LogP contribution in [0.1, 0.15) is 19.3 Å². The van der Waals surface area contributed by atoms with Crippen molar-refractivity contribution < 1.29 is 14.3 Å². The molecule has 0 spiro atoms. The molecule has 7 nitrogen and oxygen atoms in total. The van der Waals surface area contributed by atoms with Crippen LogP contribution < -0.4 is 15.0 Å². The van der Waals surface area contributed by atoms with Gasteiger partial charge in [0.25, 0.3) is 0 Å². The van der Waals surface area contributed by atoms with Crippen LogP contribution in [0.4, 0.5) is 11.5 Å². The lowest BCUT2D eigenvalue weighted by atomic mass is 9.92. The van der Waals surface area contributed by atoms with E-state index in [0.717, 1.165) is 29.7 Å². The normalized spacial score (nSPS) is 13.4. The zero-order chi connectivity index (χ0) is 20.1. The Labute approximate surface area is 165 Å².